The second kappa shape index (κ2) is 7.62. The van der Waals surface area contributed by atoms with Crippen LogP contribution in [0.25, 0.3) is 23.0 Å². The highest BCUT2D eigenvalue weighted by Gasteiger charge is 2.18. The van der Waals surface area contributed by atoms with Crippen molar-refractivity contribution in [2.75, 3.05) is 5.32 Å². The molecule has 0 aliphatic heterocycles. The lowest BCUT2D eigenvalue weighted by atomic mass is 10.1. The number of pyridine rings is 2. The zero-order valence-electron chi connectivity index (χ0n) is 14.5. The van der Waals surface area contributed by atoms with Gasteiger partial charge in [0.25, 0.3) is 11.6 Å². The van der Waals surface area contributed by atoms with Gasteiger partial charge in [-0.25, -0.2) is 0 Å². The minimum atomic E-state index is -0.453. The normalized spacial score (nSPS) is 10.6. The molecule has 0 fully saturated rings. The van der Waals surface area contributed by atoms with Gasteiger partial charge in [-0.2, -0.15) is 4.98 Å². The van der Waals surface area contributed by atoms with Crippen molar-refractivity contribution in [3.63, 3.8) is 0 Å². The van der Waals surface area contributed by atoms with E-state index in [4.69, 9.17) is 4.52 Å². The van der Waals surface area contributed by atoms with Gasteiger partial charge in [0, 0.05) is 36.8 Å². The minimum Gasteiger partial charge on any atom is -0.375 e. The standard InChI is InChI=1S/C19H14N6O3/c26-25(27)17-10-14(6-7-15(17)22-12-13-4-3-8-20-11-13)19-23-18(24-28-19)16-5-1-2-9-21-16/h1-11,22H,12H2. The predicted molar refractivity (Wildman–Crippen MR) is 101 cm³/mol. The van der Waals surface area contributed by atoms with Gasteiger partial charge in [0.2, 0.25) is 5.82 Å². The quantitative estimate of drug-likeness (QED) is 0.400. The van der Waals surface area contributed by atoms with Crippen LogP contribution in [0.4, 0.5) is 11.4 Å². The molecule has 0 bridgehead atoms. The van der Waals surface area contributed by atoms with E-state index in [0.717, 1.165) is 5.56 Å². The van der Waals surface area contributed by atoms with Crippen LogP contribution in [-0.2, 0) is 6.54 Å². The summed E-state index contributed by atoms with van der Waals surface area (Å²) in [5, 5.41) is 18.5. The van der Waals surface area contributed by atoms with Crippen LogP contribution in [0.3, 0.4) is 0 Å². The monoisotopic (exact) mass is 374 g/mol. The summed E-state index contributed by atoms with van der Waals surface area (Å²) in [5.74, 6) is 0.500. The highest BCUT2D eigenvalue weighted by atomic mass is 16.6. The molecular weight excluding hydrogens is 360 g/mol. The van der Waals surface area contributed by atoms with Crippen LogP contribution in [0, 0.1) is 10.1 Å². The van der Waals surface area contributed by atoms with E-state index in [0.29, 0.717) is 29.3 Å². The molecule has 0 aliphatic rings. The fourth-order valence-electron chi connectivity index (χ4n) is 2.60. The molecule has 4 rings (SSSR count). The summed E-state index contributed by atoms with van der Waals surface area (Å²) < 4.78 is 5.26. The fraction of sp³-hybridized carbons (Fsp3) is 0.0526. The molecule has 0 saturated carbocycles. The van der Waals surface area contributed by atoms with Crippen LogP contribution in [-0.4, -0.2) is 25.0 Å². The molecule has 28 heavy (non-hydrogen) atoms. The van der Waals surface area contributed by atoms with Crippen molar-refractivity contribution in [2.45, 2.75) is 6.54 Å². The molecule has 0 spiro atoms. The van der Waals surface area contributed by atoms with E-state index in [1.54, 1.807) is 42.9 Å². The van der Waals surface area contributed by atoms with Gasteiger partial charge >= 0.3 is 0 Å². The molecule has 0 unspecified atom stereocenters. The van der Waals surface area contributed by atoms with E-state index in [9.17, 15) is 10.1 Å². The zero-order valence-corrected chi connectivity index (χ0v) is 14.5. The third-order valence-corrected chi connectivity index (χ3v) is 3.97. The molecular formula is C19H14N6O3. The van der Waals surface area contributed by atoms with Crippen LogP contribution in [0.15, 0.2) is 71.6 Å². The van der Waals surface area contributed by atoms with Crippen LogP contribution in [0.1, 0.15) is 5.56 Å². The Morgan fingerprint density at radius 3 is 2.79 bits per heavy atom. The van der Waals surface area contributed by atoms with Crippen molar-refractivity contribution in [3.05, 3.63) is 82.8 Å². The summed E-state index contributed by atoms with van der Waals surface area (Å²) in [7, 11) is 0. The number of nitrogens with zero attached hydrogens (tertiary/aromatic N) is 5. The first-order chi connectivity index (χ1) is 13.7. The third-order valence-electron chi connectivity index (χ3n) is 3.97. The number of nitrogens with one attached hydrogen (secondary N) is 1. The smallest absolute Gasteiger partial charge is 0.293 e. The topological polar surface area (TPSA) is 120 Å². The highest BCUT2D eigenvalue weighted by molar-refractivity contribution is 5.70. The van der Waals surface area contributed by atoms with E-state index in [1.165, 1.54) is 6.07 Å². The maximum atomic E-state index is 11.5. The lowest BCUT2D eigenvalue weighted by Crippen LogP contribution is -2.03. The summed E-state index contributed by atoms with van der Waals surface area (Å²) >= 11 is 0. The van der Waals surface area contributed by atoms with Crippen molar-refractivity contribution in [3.8, 4) is 23.0 Å². The number of aromatic nitrogens is 4. The summed E-state index contributed by atoms with van der Waals surface area (Å²) in [6.07, 6.45) is 4.99. The second-order valence-corrected chi connectivity index (χ2v) is 5.84. The Morgan fingerprint density at radius 1 is 1.11 bits per heavy atom. The molecule has 3 heterocycles. The van der Waals surface area contributed by atoms with Crippen LogP contribution in [0.5, 0.6) is 0 Å². The first kappa shape index (κ1) is 17.3. The van der Waals surface area contributed by atoms with Crippen LogP contribution >= 0.6 is 0 Å². The molecule has 9 nitrogen and oxygen atoms in total. The maximum absolute atomic E-state index is 11.5. The highest BCUT2D eigenvalue weighted by Crippen LogP contribution is 2.31. The van der Waals surface area contributed by atoms with Crippen LogP contribution in [0.2, 0.25) is 0 Å². The van der Waals surface area contributed by atoms with Crippen molar-refractivity contribution in [1.82, 2.24) is 20.1 Å². The molecule has 138 valence electrons. The lowest BCUT2D eigenvalue weighted by molar-refractivity contribution is -0.383. The van der Waals surface area contributed by atoms with Gasteiger partial charge in [0.05, 0.1) is 4.92 Å². The molecule has 4 aromatic rings. The number of hydrogen-bond acceptors (Lipinski definition) is 8. The van der Waals surface area contributed by atoms with E-state index in [2.05, 4.69) is 25.4 Å². The van der Waals surface area contributed by atoms with Crippen molar-refractivity contribution < 1.29 is 9.45 Å². The van der Waals surface area contributed by atoms with Gasteiger partial charge in [-0.1, -0.05) is 17.3 Å². The first-order valence-corrected chi connectivity index (χ1v) is 8.37. The molecule has 0 saturated heterocycles. The number of benzene rings is 1. The summed E-state index contributed by atoms with van der Waals surface area (Å²) in [5.41, 5.74) is 2.23. The number of hydrogen-bond donors (Lipinski definition) is 1. The number of rotatable bonds is 6. The summed E-state index contributed by atoms with van der Waals surface area (Å²) in [4.78, 5) is 23.5. The molecule has 0 aliphatic carbocycles. The summed E-state index contributed by atoms with van der Waals surface area (Å²) in [6, 6.07) is 13.8. The van der Waals surface area contributed by atoms with Crippen molar-refractivity contribution in [1.29, 1.82) is 0 Å². The Kier molecular flexibility index (Phi) is 4.70. The van der Waals surface area contributed by atoms with Crippen molar-refractivity contribution in [2.24, 2.45) is 0 Å². The van der Waals surface area contributed by atoms with E-state index in [1.807, 2.05) is 18.2 Å². The van der Waals surface area contributed by atoms with Gasteiger partial charge < -0.3 is 9.84 Å². The largest absolute Gasteiger partial charge is 0.375 e. The van der Waals surface area contributed by atoms with E-state index in [-0.39, 0.29) is 11.6 Å². The van der Waals surface area contributed by atoms with Gasteiger partial charge in [-0.3, -0.25) is 20.1 Å². The second-order valence-electron chi connectivity index (χ2n) is 5.84. The Labute approximate surface area is 159 Å². The molecule has 3 aromatic heterocycles. The van der Waals surface area contributed by atoms with Gasteiger partial charge in [0.15, 0.2) is 0 Å². The van der Waals surface area contributed by atoms with Gasteiger partial charge in [0.1, 0.15) is 11.4 Å². The Hall–Kier alpha value is -4.14. The average Bonchev–Trinajstić information content (AvgIpc) is 3.24. The van der Waals surface area contributed by atoms with Crippen molar-refractivity contribution >= 4 is 11.4 Å². The zero-order chi connectivity index (χ0) is 19.3. The lowest BCUT2D eigenvalue weighted by Gasteiger charge is -2.07. The average molecular weight is 374 g/mol. The Morgan fingerprint density at radius 2 is 2.04 bits per heavy atom. The van der Waals surface area contributed by atoms with E-state index < -0.39 is 4.92 Å². The Bertz CT molecular complexity index is 1100. The predicted octanol–water partition coefficient (Wildman–Crippen LogP) is 3.71. The molecule has 1 aromatic carbocycles. The molecule has 1 N–H and O–H groups in total. The number of nitro benzene ring substituents is 1. The van der Waals surface area contributed by atoms with Gasteiger partial charge in [-0.05, 0) is 35.9 Å². The summed E-state index contributed by atoms with van der Waals surface area (Å²) in [6.45, 7) is 0.415. The number of nitro groups is 1. The molecule has 0 amide bonds. The first-order valence-electron chi connectivity index (χ1n) is 8.37. The number of anilines is 1. The van der Waals surface area contributed by atoms with Gasteiger partial charge in [-0.15, -0.1) is 0 Å². The Balaban J connectivity index is 1.60. The maximum Gasteiger partial charge on any atom is 0.293 e. The van der Waals surface area contributed by atoms with Crippen LogP contribution < -0.4 is 5.32 Å². The fourth-order valence-corrected chi connectivity index (χ4v) is 2.60. The van der Waals surface area contributed by atoms with E-state index >= 15 is 0 Å². The molecule has 0 radical (unpaired) electrons. The molecule has 0 atom stereocenters. The SMILES string of the molecule is O=[N+]([O-])c1cc(-c2nc(-c3ccccn3)no2)ccc1NCc1cccnc1. The minimum absolute atomic E-state index is 0.0843. The molecule has 9 heteroatoms. The third kappa shape index (κ3) is 3.68.